The van der Waals surface area contributed by atoms with Crippen LogP contribution in [0.1, 0.15) is 30.9 Å². The van der Waals surface area contributed by atoms with Gasteiger partial charge in [0.15, 0.2) is 17.2 Å². The summed E-state index contributed by atoms with van der Waals surface area (Å²) in [6.07, 6.45) is 1.45. The molecule has 0 radical (unpaired) electrons. The lowest BCUT2D eigenvalue weighted by Gasteiger charge is -2.25. The van der Waals surface area contributed by atoms with Crippen molar-refractivity contribution in [3.05, 3.63) is 74.4 Å². The molecule has 2 aromatic carbocycles. The van der Waals surface area contributed by atoms with E-state index < -0.39 is 17.2 Å². The van der Waals surface area contributed by atoms with Crippen molar-refractivity contribution in [2.75, 3.05) is 32.0 Å². The van der Waals surface area contributed by atoms with Crippen molar-refractivity contribution in [3.63, 3.8) is 0 Å². The van der Waals surface area contributed by atoms with E-state index in [1.54, 1.807) is 30.3 Å². The SMILES string of the molecule is CCCCn1c(N)c(N(Cc2ccccc2OC)C(=O)Cc2ccc(OC)c(OC)c2)c(=O)[nH]c1=O. The number of methoxy groups -OCH3 is 3. The van der Waals surface area contributed by atoms with Crippen LogP contribution in [0, 0.1) is 0 Å². The monoisotopic (exact) mass is 496 g/mol. The quantitative estimate of drug-likeness (QED) is 0.418. The highest BCUT2D eigenvalue weighted by atomic mass is 16.5. The standard InChI is InChI=1S/C26H32N4O6/c1-5-6-13-29-24(27)23(25(32)28-26(29)33)30(16-18-9-7-8-10-19(18)34-2)22(31)15-17-11-12-20(35-3)21(14-17)36-4/h7-12,14H,5-6,13,15-16,27H2,1-4H3,(H,28,32,33). The molecule has 0 saturated carbocycles. The van der Waals surface area contributed by atoms with Gasteiger partial charge in [-0.2, -0.15) is 0 Å². The number of aromatic amines is 1. The Kier molecular flexibility index (Phi) is 8.77. The fraction of sp³-hybridized carbons (Fsp3) is 0.346. The highest BCUT2D eigenvalue weighted by Crippen LogP contribution is 2.29. The number of nitrogens with one attached hydrogen (secondary N) is 1. The van der Waals surface area contributed by atoms with Crippen LogP contribution in [-0.4, -0.2) is 36.8 Å². The topological polar surface area (TPSA) is 129 Å². The number of hydrogen-bond donors (Lipinski definition) is 2. The number of aromatic nitrogens is 2. The van der Waals surface area contributed by atoms with Gasteiger partial charge in [0.1, 0.15) is 11.6 Å². The van der Waals surface area contributed by atoms with Crippen LogP contribution in [0.3, 0.4) is 0 Å². The van der Waals surface area contributed by atoms with Crippen molar-refractivity contribution in [1.82, 2.24) is 9.55 Å². The van der Waals surface area contributed by atoms with Crippen LogP contribution in [-0.2, 0) is 24.3 Å². The molecule has 3 rings (SSSR count). The van der Waals surface area contributed by atoms with Crippen molar-refractivity contribution in [2.24, 2.45) is 0 Å². The van der Waals surface area contributed by atoms with Crippen LogP contribution in [0.2, 0.25) is 0 Å². The number of nitrogens with zero attached hydrogens (tertiary/aromatic N) is 2. The summed E-state index contributed by atoms with van der Waals surface area (Å²) in [7, 11) is 4.57. The summed E-state index contributed by atoms with van der Waals surface area (Å²) in [5, 5.41) is 0. The molecule has 0 bridgehead atoms. The molecule has 3 N–H and O–H groups in total. The number of ether oxygens (including phenoxy) is 3. The number of anilines is 2. The molecule has 0 atom stereocenters. The average molecular weight is 497 g/mol. The van der Waals surface area contributed by atoms with E-state index in [4.69, 9.17) is 19.9 Å². The van der Waals surface area contributed by atoms with E-state index in [9.17, 15) is 14.4 Å². The molecule has 0 saturated heterocycles. The third-order valence-corrected chi connectivity index (χ3v) is 5.84. The molecule has 1 heterocycles. The molecule has 0 aliphatic rings. The number of hydrogen-bond acceptors (Lipinski definition) is 7. The van der Waals surface area contributed by atoms with Gasteiger partial charge in [0, 0.05) is 12.1 Å². The molecule has 0 aliphatic heterocycles. The van der Waals surface area contributed by atoms with Gasteiger partial charge in [-0.3, -0.25) is 24.0 Å². The molecular weight excluding hydrogens is 464 g/mol. The van der Waals surface area contributed by atoms with E-state index >= 15 is 0 Å². The number of nitrogen functional groups attached to an aromatic ring is 1. The van der Waals surface area contributed by atoms with Gasteiger partial charge >= 0.3 is 5.69 Å². The van der Waals surface area contributed by atoms with Crippen LogP contribution in [0.25, 0.3) is 0 Å². The molecule has 0 spiro atoms. The Labute approximate surface area is 209 Å². The molecule has 3 aromatic rings. The van der Waals surface area contributed by atoms with E-state index in [2.05, 4.69) is 4.98 Å². The van der Waals surface area contributed by atoms with E-state index in [0.717, 1.165) is 6.42 Å². The average Bonchev–Trinajstić information content (AvgIpc) is 2.87. The van der Waals surface area contributed by atoms with Gasteiger partial charge in [0.2, 0.25) is 5.91 Å². The number of rotatable bonds is 11. The van der Waals surface area contributed by atoms with Crippen molar-refractivity contribution in [2.45, 2.75) is 39.3 Å². The molecule has 1 aromatic heterocycles. The maximum absolute atomic E-state index is 13.7. The summed E-state index contributed by atoms with van der Waals surface area (Å²) in [6.45, 7) is 2.31. The van der Waals surface area contributed by atoms with Gasteiger partial charge in [-0.15, -0.1) is 0 Å². The van der Waals surface area contributed by atoms with E-state index in [1.807, 2.05) is 19.1 Å². The zero-order valence-corrected chi connectivity index (χ0v) is 21.0. The molecule has 10 heteroatoms. The Morgan fingerprint density at radius 2 is 1.69 bits per heavy atom. The first kappa shape index (κ1) is 26.4. The van der Waals surface area contributed by atoms with Crippen LogP contribution < -0.4 is 36.1 Å². The molecule has 0 aliphatic carbocycles. The summed E-state index contributed by atoms with van der Waals surface area (Å²) in [5.41, 5.74) is 6.24. The van der Waals surface area contributed by atoms with Gasteiger partial charge in [0.25, 0.3) is 5.56 Å². The predicted octanol–water partition coefficient (Wildman–Crippen LogP) is 2.72. The van der Waals surface area contributed by atoms with Crippen molar-refractivity contribution < 1.29 is 19.0 Å². The van der Waals surface area contributed by atoms with Crippen molar-refractivity contribution >= 4 is 17.4 Å². The molecular formula is C26H32N4O6. The maximum Gasteiger partial charge on any atom is 0.330 e. The van der Waals surface area contributed by atoms with Crippen molar-refractivity contribution in [3.8, 4) is 17.2 Å². The predicted molar refractivity (Wildman–Crippen MR) is 138 cm³/mol. The Morgan fingerprint density at radius 1 is 1.00 bits per heavy atom. The number of para-hydroxylation sites is 1. The van der Waals surface area contributed by atoms with Gasteiger partial charge in [-0.1, -0.05) is 37.6 Å². The zero-order chi connectivity index (χ0) is 26.2. The maximum atomic E-state index is 13.7. The molecule has 0 fully saturated rings. The number of carbonyl (C=O) groups excluding carboxylic acids is 1. The van der Waals surface area contributed by atoms with Crippen LogP contribution in [0.4, 0.5) is 11.5 Å². The van der Waals surface area contributed by atoms with Gasteiger partial charge in [0.05, 0.1) is 34.3 Å². The lowest BCUT2D eigenvalue weighted by atomic mass is 10.1. The highest BCUT2D eigenvalue weighted by Gasteiger charge is 2.26. The molecule has 0 unspecified atom stereocenters. The Morgan fingerprint density at radius 3 is 2.36 bits per heavy atom. The Hall–Kier alpha value is -4.21. The largest absolute Gasteiger partial charge is 0.496 e. The third-order valence-electron chi connectivity index (χ3n) is 5.84. The molecule has 1 amide bonds. The molecule has 36 heavy (non-hydrogen) atoms. The number of unbranched alkanes of at least 4 members (excludes halogenated alkanes) is 1. The highest BCUT2D eigenvalue weighted by molar-refractivity contribution is 5.96. The number of nitrogens with two attached hydrogens (primary N) is 1. The zero-order valence-electron chi connectivity index (χ0n) is 21.0. The van der Waals surface area contributed by atoms with E-state index in [-0.39, 0.29) is 24.5 Å². The second-order valence-corrected chi connectivity index (χ2v) is 8.16. The summed E-state index contributed by atoms with van der Waals surface area (Å²) in [6, 6.07) is 12.3. The Bertz CT molecular complexity index is 1330. The fourth-order valence-electron chi connectivity index (χ4n) is 3.93. The third kappa shape index (κ3) is 5.70. The first-order valence-electron chi connectivity index (χ1n) is 11.6. The first-order valence-corrected chi connectivity index (χ1v) is 11.6. The van der Waals surface area contributed by atoms with E-state index in [0.29, 0.717) is 41.3 Å². The first-order chi connectivity index (χ1) is 17.3. The molecule has 10 nitrogen and oxygen atoms in total. The number of H-pyrrole nitrogens is 1. The van der Waals surface area contributed by atoms with Gasteiger partial charge in [-0.05, 0) is 30.2 Å². The smallest absolute Gasteiger partial charge is 0.330 e. The minimum atomic E-state index is -0.735. The summed E-state index contributed by atoms with van der Waals surface area (Å²) < 4.78 is 17.4. The van der Waals surface area contributed by atoms with Gasteiger partial charge < -0.3 is 19.9 Å². The summed E-state index contributed by atoms with van der Waals surface area (Å²) in [5.74, 6) is 1.10. The second-order valence-electron chi connectivity index (χ2n) is 8.16. The lowest BCUT2D eigenvalue weighted by Crippen LogP contribution is -2.41. The number of carbonyl (C=O) groups is 1. The van der Waals surface area contributed by atoms with Crippen LogP contribution >= 0.6 is 0 Å². The fourth-order valence-corrected chi connectivity index (χ4v) is 3.93. The van der Waals surface area contributed by atoms with Gasteiger partial charge in [-0.25, -0.2) is 4.79 Å². The van der Waals surface area contributed by atoms with Crippen LogP contribution in [0.5, 0.6) is 17.2 Å². The minimum Gasteiger partial charge on any atom is -0.496 e. The number of benzene rings is 2. The molecule has 192 valence electrons. The summed E-state index contributed by atoms with van der Waals surface area (Å²) >= 11 is 0. The lowest BCUT2D eigenvalue weighted by molar-refractivity contribution is -0.118. The summed E-state index contributed by atoms with van der Waals surface area (Å²) in [4.78, 5) is 42.8. The second kappa shape index (κ2) is 12.0. The van der Waals surface area contributed by atoms with E-state index in [1.165, 1.54) is 30.8 Å². The van der Waals surface area contributed by atoms with Crippen molar-refractivity contribution in [1.29, 1.82) is 0 Å². The number of amides is 1. The Balaban J connectivity index is 2.10. The normalized spacial score (nSPS) is 10.7. The van der Waals surface area contributed by atoms with Crippen LogP contribution in [0.15, 0.2) is 52.1 Å². The minimum absolute atomic E-state index is 0.00932.